The lowest BCUT2D eigenvalue weighted by molar-refractivity contribution is 0.102. The van der Waals surface area contributed by atoms with E-state index < -0.39 is 0 Å². The number of fused-ring (bicyclic) bond motifs is 3. The van der Waals surface area contributed by atoms with Crippen molar-refractivity contribution in [3.05, 3.63) is 51.4 Å². The molecule has 1 N–H and O–H groups in total. The summed E-state index contributed by atoms with van der Waals surface area (Å²) in [6, 6.07) is 3.53. The largest absolute Gasteiger partial charge is 0.495 e. The molecule has 4 rings (SSSR count). The molecule has 2 aromatic heterocycles. The van der Waals surface area contributed by atoms with E-state index in [9.17, 15) is 4.79 Å². The molecule has 146 valence electrons. The molecule has 1 amide bonds. The van der Waals surface area contributed by atoms with Gasteiger partial charge in [0.25, 0.3) is 5.91 Å². The number of carbonyl (C=O) groups is 1. The highest BCUT2D eigenvalue weighted by molar-refractivity contribution is 6.40. The molecule has 3 aromatic rings. The fraction of sp³-hybridized carbons (Fsp3) is 0.263. The zero-order chi connectivity index (χ0) is 20.0. The second-order valence-corrected chi connectivity index (χ2v) is 7.84. The second kappa shape index (κ2) is 7.44. The topological polar surface area (TPSA) is 59.4 Å². The summed E-state index contributed by atoms with van der Waals surface area (Å²) < 4.78 is 9.36. The summed E-state index contributed by atoms with van der Waals surface area (Å²) >= 11 is 18.6. The van der Waals surface area contributed by atoms with E-state index in [2.05, 4.69) is 14.9 Å². The van der Waals surface area contributed by atoms with E-state index in [0.29, 0.717) is 23.5 Å². The molecular weight excluding hydrogens is 423 g/mol. The Labute approximate surface area is 177 Å². The van der Waals surface area contributed by atoms with Crippen molar-refractivity contribution in [3.63, 3.8) is 0 Å². The van der Waals surface area contributed by atoms with E-state index in [1.807, 2.05) is 7.05 Å². The maximum Gasteiger partial charge on any atom is 0.256 e. The Balaban J connectivity index is 1.89. The van der Waals surface area contributed by atoms with Crippen LogP contribution in [0.25, 0.3) is 10.9 Å². The van der Waals surface area contributed by atoms with Crippen LogP contribution in [0.15, 0.2) is 24.5 Å². The molecule has 0 spiro atoms. The lowest BCUT2D eigenvalue weighted by Crippen LogP contribution is -2.23. The lowest BCUT2D eigenvalue weighted by atomic mass is 10.0. The summed E-state index contributed by atoms with van der Waals surface area (Å²) in [5.41, 5.74) is 3.86. The Hall–Kier alpha value is -1.99. The summed E-state index contributed by atoms with van der Waals surface area (Å²) in [4.78, 5) is 17.1. The van der Waals surface area contributed by atoms with Gasteiger partial charge in [0.1, 0.15) is 5.75 Å². The van der Waals surface area contributed by atoms with Crippen LogP contribution in [0.4, 0.5) is 5.69 Å². The molecule has 3 heterocycles. The van der Waals surface area contributed by atoms with Gasteiger partial charge in [-0.05, 0) is 29.5 Å². The van der Waals surface area contributed by atoms with Gasteiger partial charge in [-0.3, -0.25) is 9.78 Å². The Morgan fingerprint density at radius 1 is 1.25 bits per heavy atom. The summed E-state index contributed by atoms with van der Waals surface area (Å²) in [5, 5.41) is 4.17. The smallest absolute Gasteiger partial charge is 0.256 e. The first-order valence-electron chi connectivity index (χ1n) is 8.60. The maximum atomic E-state index is 13.2. The number of amides is 1. The van der Waals surface area contributed by atoms with E-state index in [1.165, 1.54) is 12.4 Å². The van der Waals surface area contributed by atoms with Gasteiger partial charge in [0.15, 0.2) is 0 Å². The number of ether oxygens (including phenoxy) is 1. The third-order valence-electron chi connectivity index (χ3n) is 5.01. The quantitative estimate of drug-likeness (QED) is 0.603. The van der Waals surface area contributed by atoms with Crippen LogP contribution in [0.5, 0.6) is 5.75 Å². The minimum Gasteiger partial charge on any atom is -0.495 e. The molecule has 0 saturated carbocycles. The predicted octanol–water partition coefficient (Wildman–Crippen LogP) is 4.65. The van der Waals surface area contributed by atoms with Gasteiger partial charge in [0, 0.05) is 55.6 Å². The minimum absolute atomic E-state index is 0.271. The number of methoxy groups -OCH3 is 1. The molecule has 0 unspecified atom stereocenters. The number of anilines is 1. The highest BCUT2D eigenvalue weighted by Gasteiger charge is 2.27. The molecule has 0 saturated heterocycles. The number of halogens is 3. The SMILES string of the molecule is COc1ccc(C(=O)Nc2c(Cl)cncc2Cl)c2c3c(n(C)c12)CCN(Cl)C3. The predicted molar refractivity (Wildman–Crippen MR) is 112 cm³/mol. The van der Waals surface area contributed by atoms with Crippen LogP contribution in [0.1, 0.15) is 21.6 Å². The third-order valence-corrected chi connectivity index (χ3v) is 5.87. The first kappa shape index (κ1) is 19.3. The number of nitrogens with one attached hydrogen (secondary N) is 1. The van der Waals surface area contributed by atoms with Crippen molar-refractivity contribution in [2.75, 3.05) is 19.0 Å². The molecular formula is C19H17Cl3N4O2. The molecule has 9 heteroatoms. The van der Waals surface area contributed by atoms with Crippen LogP contribution in [-0.4, -0.2) is 33.5 Å². The van der Waals surface area contributed by atoms with Crippen LogP contribution in [0.3, 0.4) is 0 Å². The van der Waals surface area contributed by atoms with E-state index in [0.717, 1.165) is 35.1 Å². The highest BCUT2D eigenvalue weighted by atomic mass is 35.5. The standard InChI is InChI=1S/C19H17Cl3N4O2/c1-25-14-5-6-26(22)9-11(14)16-10(3-4-15(28-2)18(16)25)19(27)24-17-12(20)7-23-8-13(17)21/h3-4,7-8H,5-6,9H2,1-2H3,(H,23,24,27). The van der Waals surface area contributed by atoms with Crippen LogP contribution in [-0.2, 0) is 20.0 Å². The molecule has 0 bridgehead atoms. The molecule has 1 aromatic carbocycles. The van der Waals surface area contributed by atoms with E-state index in [1.54, 1.807) is 23.7 Å². The number of hydrogen-bond donors (Lipinski definition) is 1. The number of rotatable bonds is 3. The van der Waals surface area contributed by atoms with Crippen LogP contribution >= 0.6 is 35.0 Å². The molecule has 0 atom stereocenters. The van der Waals surface area contributed by atoms with Gasteiger partial charge in [-0.1, -0.05) is 23.2 Å². The van der Waals surface area contributed by atoms with Crippen LogP contribution < -0.4 is 10.1 Å². The van der Waals surface area contributed by atoms with Gasteiger partial charge in [0.2, 0.25) is 0 Å². The molecule has 0 radical (unpaired) electrons. The van der Waals surface area contributed by atoms with E-state index in [-0.39, 0.29) is 16.0 Å². The molecule has 28 heavy (non-hydrogen) atoms. The number of nitrogens with zero attached hydrogens (tertiary/aromatic N) is 3. The van der Waals surface area contributed by atoms with E-state index >= 15 is 0 Å². The van der Waals surface area contributed by atoms with Gasteiger partial charge in [-0.15, -0.1) is 0 Å². The Bertz CT molecular complexity index is 1080. The Morgan fingerprint density at radius 3 is 2.64 bits per heavy atom. The van der Waals surface area contributed by atoms with Gasteiger partial charge < -0.3 is 14.6 Å². The number of aromatic nitrogens is 2. The normalized spacial score (nSPS) is 14.2. The number of aryl methyl sites for hydroxylation is 1. The number of benzene rings is 1. The summed E-state index contributed by atoms with van der Waals surface area (Å²) in [7, 11) is 3.59. The first-order chi connectivity index (χ1) is 13.4. The van der Waals surface area contributed by atoms with Gasteiger partial charge >= 0.3 is 0 Å². The molecule has 1 aliphatic rings. The first-order valence-corrected chi connectivity index (χ1v) is 9.70. The van der Waals surface area contributed by atoms with Crippen molar-refractivity contribution in [2.24, 2.45) is 7.05 Å². The Morgan fingerprint density at radius 2 is 1.96 bits per heavy atom. The zero-order valence-electron chi connectivity index (χ0n) is 15.2. The average molecular weight is 440 g/mol. The highest BCUT2D eigenvalue weighted by Crippen LogP contribution is 2.38. The zero-order valence-corrected chi connectivity index (χ0v) is 17.5. The van der Waals surface area contributed by atoms with Gasteiger partial charge in [-0.25, -0.2) is 4.42 Å². The maximum absolute atomic E-state index is 13.2. The summed E-state index contributed by atoms with van der Waals surface area (Å²) in [6.07, 6.45) is 3.65. The number of carbonyl (C=O) groups excluding carboxylic acids is 1. The monoisotopic (exact) mass is 438 g/mol. The average Bonchev–Trinajstić information content (AvgIpc) is 2.96. The fourth-order valence-corrected chi connectivity index (χ4v) is 4.39. The summed E-state index contributed by atoms with van der Waals surface area (Å²) in [5.74, 6) is 0.382. The number of hydrogen-bond acceptors (Lipinski definition) is 4. The molecule has 6 nitrogen and oxygen atoms in total. The van der Waals surface area contributed by atoms with Gasteiger partial charge in [0.05, 0.1) is 28.4 Å². The molecule has 0 aliphatic carbocycles. The summed E-state index contributed by atoms with van der Waals surface area (Å²) in [6.45, 7) is 1.28. The van der Waals surface area contributed by atoms with Crippen molar-refractivity contribution < 1.29 is 9.53 Å². The third kappa shape index (κ3) is 3.10. The minimum atomic E-state index is -0.317. The molecule has 1 aliphatic heterocycles. The number of pyridine rings is 1. The van der Waals surface area contributed by atoms with Crippen LogP contribution in [0.2, 0.25) is 10.0 Å². The van der Waals surface area contributed by atoms with Gasteiger partial charge in [-0.2, -0.15) is 0 Å². The van der Waals surface area contributed by atoms with Crippen molar-refractivity contribution in [3.8, 4) is 5.75 Å². The lowest BCUT2D eigenvalue weighted by Gasteiger charge is -2.21. The van der Waals surface area contributed by atoms with Crippen molar-refractivity contribution in [1.29, 1.82) is 0 Å². The fourth-order valence-electron chi connectivity index (χ4n) is 3.72. The van der Waals surface area contributed by atoms with Crippen molar-refractivity contribution >= 4 is 57.5 Å². The Kier molecular flexibility index (Phi) is 5.14. The van der Waals surface area contributed by atoms with Crippen molar-refractivity contribution in [1.82, 2.24) is 14.0 Å². The van der Waals surface area contributed by atoms with Crippen molar-refractivity contribution in [2.45, 2.75) is 13.0 Å². The van der Waals surface area contributed by atoms with Crippen LogP contribution in [0, 0.1) is 0 Å². The van der Waals surface area contributed by atoms with E-state index in [4.69, 9.17) is 39.7 Å². The second-order valence-electron chi connectivity index (χ2n) is 6.55. The molecule has 0 fully saturated rings.